The van der Waals surface area contributed by atoms with Gasteiger partial charge in [0, 0.05) is 0 Å². The Morgan fingerprint density at radius 1 is 0.537 bits per heavy atom. The summed E-state index contributed by atoms with van der Waals surface area (Å²) in [5.41, 5.74) is 17.8. The topological polar surface area (TPSA) is 26.3 Å². The van der Waals surface area contributed by atoms with Crippen LogP contribution in [0.25, 0.3) is 45.6 Å². The molecule has 0 fully saturated rings. The summed E-state index contributed by atoms with van der Waals surface area (Å²) < 4.78 is 13.7. The first-order valence-corrected chi connectivity index (χ1v) is 27.7. The molecular formula is C46H42Cl4O2SiZr. The predicted molar refractivity (Wildman–Crippen MR) is 218 cm³/mol. The molecule has 2 unspecified atom stereocenters. The van der Waals surface area contributed by atoms with Crippen LogP contribution in [-0.4, -0.2) is 5.43 Å². The zero-order valence-electron chi connectivity index (χ0n) is 31.7. The SMILES string of the molecule is Cc1ccc(C2=Cc3c(cc(C)c(C)c3-c3ccc(Cl)cc3)[CH]2[Zr+2]([CH]2C(c3ccc(C)o3)=Cc3c2cc(C)c(C)c3-c2ccc(Cl)cc2)=[Si](C)C)o1.[Cl-].[Cl-]. The van der Waals surface area contributed by atoms with Gasteiger partial charge in [-0.2, -0.15) is 0 Å². The maximum atomic E-state index is 6.56. The van der Waals surface area contributed by atoms with Crippen LogP contribution in [0.4, 0.5) is 0 Å². The monoisotopic (exact) mass is 884 g/mol. The third-order valence-electron chi connectivity index (χ3n) is 11.2. The molecule has 2 heterocycles. The van der Waals surface area contributed by atoms with Crippen LogP contribution in [0, 0.1) is 41.5 Å². The molecule has 54 heavy (non-hydrogen) atoms. The Hall–Kier alpha value is -2.82. The van der Waals surface area contributed by atoms with Crippen LogP contribution in [0.2, 0.25) is 23.1 Å². The zero-order valence-corrected chi connectivity index (χ0v) is 38.2. The van der Waals surface area contributed by atoms with Crippen LogP contribution in [0.1, 0.15) is 74.8 Å². The Labute approximate surface area is 349 Å². The molecule has 0 radical (unpaired) electrons. The minimum atomic E-state index is -2.71. The van der Waals surface area contributed by atoms with Crippen LogP contribution >= 0.6 is 23.2 Å². The van der Waals surface area contributed by atoms with Crippen molar-refractivity contribution in [2.75, 3.05) is 0 Å². The summed E-state index contributed by atoms with van der Waals surface area (Å²) in [6.45, 7) is 18.4. The van der Waals surface area contributed by atoms with E-state index in [1.165, 1.54) is 77.9 Å². The van der Waals surface area contributed by atoms with Crippen LogP contribution in [0.5, 0.6) is 0 Å². The van der Waals surface area contributed by atoms with E-state index >= 15 is 0 Å². The van der Waals surface area contributed by atoms with Gasteiger partial charge in [-0.3, -0.25) is 0 Å². The Morgan fingerprint density at radius 2 is 0.907 bits per heavy atom. The van der Waals surface area contributed by atoms with Gasteiger partial charge in [-0.05, 0) is 0 Å². The molecule has 8 heteroatoms. The molecule has 0 amide bonds. The maximum absolute atomic E-state index is 6.56. The largest absolute Gasteiger partial charge is 1.00 e. The quantitative estimate of drug-likeness (QED) is 0.158. The van der Waals surface area contributed by atoms with Crippen molar-refractivity contribution in [2.45, 2.75) is 61.9 Å². The number of rotatable bonds is 6. The van der Waals surface area contributed by atoms with E-state index in [1.54, 1.807) is 0 Å². The van der Waals surface area contributed by atoms with Gasteiger partial charge in [-0.15, -0.1) is 0 Å². The Morgan fingerprint density at radius 3 is 1.22 bits per heavy atom. The molecule has 0 aliphatic heterocycles. The predicted octanol–water partition coefficient (Wildman–Crippen LogP) is 8.13. The minimum Gasteiger partial charge on any atom is -1.00 e. The first kappa shape index (κ1) is 40.8. The number of fused-ring (bicyclic) bond motifs is 2. The second-order valence-electron chi connectivity index (χ2n) is 14.7. The first-order chi connectivity index (χ1) is 24.9. The Balaban J connectivity index is 0.00000249. The van der Waals surface area contributed by atoms with Crippen molar-refractivity contribution in [3.05, 3.63) is 163 Å². The second kappa shape index (κ2) is 16.0. The van der Waals surface area contributed by atoms with E-state index in [-0.39, 0.29) is 24.8 Å². The van der Waals surface area contributed by atoms with Crippen molar-refractivity contribution < 1.29 is 54.0 Å². The molecule has 2 aliphatic carbocycles. The summed E-state index contributed by atoms with van der Waals surface area (Å²) in [5.74, 6) is 3.88. The average Bonchev–Trinajstić information content (AvgIpc) is 3.90. The van der Waals surface area contributed by atoms with E-state index in [4.69, 9.17) is 32.0 Å². The average molecular weight is 888 g/mol. The van der Waals surface area contributed by atoms with Crippen molar-refractivity contribution in [2.24, 2.45) is 0 Å². The molecule has 0 spiro atoms. The van der Waals surface area contributed by atoms with Crippen molar-refractivity contribution in [1.82, 2.24) is 0 Å². The third kappa shape index (κ3) is 7.06. The first-order valence-electron chi connectivity index (χ1n) is 18.0. The van der Waals surface area contributed by atoms with Crippen LogP contribution in [0.15, 0.2) is 93.8 Å². The van der Waals surface area contributed by atoms with Gasteiger partial charge in [-0.25, -0.2) is 0 Å². The fourth-order valence-corrected chi connectivity index (χ4v) is 28.5. The summed E-state index contributed by atoms with van der Waals surface area (Å²) in [5, 5.41) is 1.50. The van der Waals surface area contributed by atoms with Gasteiger partial charge in [0.2, 0.25) is 0 Å². The summed E-state index contributed by atoms with van der Waals surface area (Å²) >= 11 is 10.1. The molecule has 8 rings (SSSR count). The number of furan rings is 2. The number of benzene rings is 4. The van der Waals surface area contributed by atoms with E-state index in [0.717, 1.165) is 33.1 Å². The van der Waals surface area contributed by atoms with Crippen molar-refractivity contribution in [3.8, 4) is 22.3 Å². The molecule has 6 aromatic rings. The second-order valence-corrected chi connectivity index (χ2v) is 33.5. The molecule has 2 nitrogen and oxygen atoms in total. The molecule has 0 saturated heterocycles. The van der Waals surface area contributed by atoms with E-state index in [2.05, 4.69) is 127 Å². The van der Waals surface area contributed by atoms with Gasteiger partial charge in [-0.1, -0.05) is 0 Å². The number of aryl methyl sites for hydroxylation is 4. The molecule has 2 atom stereocenters. The summed E-state index contributed by atoms with van der Waals surface area (Å²) in [7, 11) is 0. The van der Waals surface area contributed by atoms with Gasteiger partial charge >= 0.3 is 328 Å². The van der Waals surface area contributed by atoms with E-state index in [1.807, 2.05) is 24.3 Å². The van der Waals surface area contributed by atoms with Gasteiger partial charge in [0.25, 0.3) is 0 Å². The summed E-state index contributed by atoms with van der Waals surface area (Å²) in [6.07, 6.45) is 4.96. The Bertz CT molecular complexity index is 2350. The third-order valence-corrected chi connectivity index (χ3v) is 30.9. The Kier molecular flexibility index (Phi) is 12.1. The van der Waals surface area contributed by atoms with Crippen LogP contribution in [-0.2, 0) is 20.4 Å². The molecule has 2 aliphatic rings. The fraction of sp³-hybridized carbons (Fsp3) is 0.217. The van der Waals surface area contributed by atoms with Crippen LogP contribution in [0.3, 0.4) is 0 Å². The molecule has 2 aromatic heterocycles. The fourth-order valence-electron chi connectivity index (χ4n) is 8.52. The standard InChI is InChI=1S/2C22H18ClO.C2H6Si.2ClH.Zr/c2*1-13-10-17-11-18(21-9-4-14(2)24-21)12-20(17)22(15(13)3)16-5-7-19(23)8-6-16;1-3-2;;;/h2*4-12H,1-3H3;1-2H3;2*1H;/q;;;;;+2/p-2. The number of allylic oxidation sites excluding steroid dienone is 2. The molecular weight excluding hydrogens is 846 g/mol. The number of halogens is 4. The molecule has 0 bridgehead atoms. The summed E-state index contributed by atoms with van der Waals surface area (Å²) in [4.78, 5) is 0. The van der Waals surface area contributed by atoms with E-state index in [0.29, 0.717) is 7.25 Å². The molecule has 0 saturated carbocycles. The molecule has 0 N–H and O–H groups in total. The maximum Gasteiger partial charge on any atom is -1.00 e. The van der Waals surface area contributed by atoms with Crippen LogP contribution < -0.4 is 24.8 Å². The van der Waals surface area contributed by atoms with E-state index in [9.17, 15) is 0 Å². The van der Waals surface area contributed by atoms with Gasteiger partial charge in [0.05, 0.1) is 0 Å². The van der Waals surface area contributed by atoms with E-state index < -0.39 is 25.8 Å². The normalized spacial score (nSPS) is 15.4. The van der Waals surface area contributed by atoms with Gasteiger partial charge < -0.3 is 24.8 Å². The summed E-state index contributed by atoms with van der Waals surface area (Å²) in [6, 6.07) is 30.4. The molecule has 274 valence electrons. The van der Waals surface area contributed by atoms with Crippen molar-refractivity contribution in [1.29, 1.82) is 0 Å². The number of hydrogen-bond donors (Lipinski definition) is 0. The minimum absolute atomic E-state index is 0. The van der Waals surface area contributed by atoms with Gasteiger partial charge in [0.15, 0.2) is 0 Å². The zero-order chi connectivity index (χ0) is 36.6. The van der Waals surface area contributed by atoms with Gasteiger partial charge in [0.1, 0.15) is 0 Å². The smallest absolute Gasteiger partial charge is 1.00 e. The van der Waals surface area contributed by atoms with Crippen molar-refractivity contribution >= 4 is 51.9 Å². The number of hydrogen-bond acceptors (Lipinski definition) is 2. The van der Waals surface area contributed by atoms with Crippen molar-refractivity contribution in [3.63, 3.8) is 0 Å². The molecule has 4 aromatic carbocycles.